The van der Waals surface area contributed by atoms with Crippen LogP contribution in [0.25, 0.3) is 0 Å². The van der Waals surface area contributed by atoms with Crippen molar-refractivity contribution in [1.29, 1.82) is 0 Å². The molecule has 0 aromatic heterocycles. The van der Waals surface area contributed by atoms with E-state index in [0.29, 0.717) is 6.61 Å². The Morgan fingerprint density at radius 2 is 1.68 bits per heavy atom. The number of hydrogen-bond acceptors (Lipinski definition) is 4. The van der Waals surface area contributed by atoms with Crippen LogP contribution in [0.2, 0.25) is 0 Å². The lowest BCUT2D eigenvalue weighted by Gasteiger charge is -2.11. The molecule has 6 nitrogen and oxygen atoms in total. The number of carbonyl (C=O) groups excluding carboxylic acids is 2. The van der Waals surface area contributed by atoms with Gasteiger partial charge in [0, 0.05) is 5.69 Å². The van der Waals surface area contributed by atoms with Crippen molar-refractivity contribution in [3.8, 4) is 0 Å². The van der Waals surface area contributed by atoms with Crippen molar-refractivity contribution in [3.63, 3.8) is 0 Å². The van der Waals surface area contributed by atoms with Crippen LogP contribution in [-0.4, -0.2) is 25.0 Å². The van der Waals surface area contributed by atoms with E-state index in [1.807, 2.05) is 62.4 Å². The van der Waals surface area contributed by atoms with E-state index in [1.54, 1.807) is 0 Å². The molecule has 0 saturated carbocycles. The number of benzene rings is 2. The van der Waals surface area contributed by atoms with Crippen LogP contribution >= 0.6 is 0 Å². The van der Waals surface area contributed by atoms with Gasteiger partial charge in [-0.3, -0.25) is 20.4 Å². The SMILES string of the molecule is Cc1ccc(NCC(=O)NNC(=O)COCc2ccccc2)c(C)c1. The molecule has 2 rings (SSSR count). The molecule has 3 N–H and O–H groups in total. The highest BCUT2D eigenvalue weighted by Crippen LogP contribution is 2.15. The molecule has 2 amide bonds. The van der Waals surface area contributed by atoms with Crippen LogP contribution in [0.3, 0.4) is 0 Å². The van der Waals surface area contributed by atoms with Crippen molar-refractivity contribution in [2.75, 3.05) is 18.5 Å². The molecule has 0 heterocycles. The zero-order valence-corrected chi connectivity index (χ0v) is 14.5. The van der Waals surface area contributed by atoms with E-state index >= 15 is 0 Å². The third-order valence-corrected chi connectivity index (χ3v) is 3.51. The summed E-state index contributed by atoms with van der Waals surface area (Å²) in [6.45, 7) is 4.27. The number of amides is 2. The van der Waals surface area contributed by atoms with E-state index in [0.717, 1.165) is 22.4 Å². The van der Waals surface area contributed by atoms with Crippen LogP contribution in [0.4, 0.5) is 5.69 Å². The summed E-state index contributed by atoms with van der Waals surface area (Å²) in [5, 5.41) is 3.03. The second kappa shape index (κ2) is 9.44. The molecular formula is C19H23N3O3. The Bertz CT molecular complexity index is 717. The van der Waals surface area contributed by atoms with Gasteiger partial charge in [0.2, 0.25) is 0 Å². The average molecular weight is 341 g/mol. The molecule has 0 radical (unpaired) electrons. The Balaban J connectivity index is 1.63. The molecule has 0 bridgehead atoms. The second-order valence-corrected chi connectivity index (χ2v) is 5.75. The fraction of sp³-hybridized carbons (Fsp3) is 0.263. The predicted molar refractivity (Wildman–Crippen MR) is 96.8 cm³/mol. The Morgan fingerprint density at radius 1 is 0.960 bits per heavy atom. The monoisotopic (exact) mass is 341 g/mol. The molecule has 2 aromatic carbocycles. The van der Waals surface area contributed by atoms with Gasteiger partial charge in [-0.1, -0.05) is 48.0 Å². The fourth-order valence-electron chi connectivity index (χ4n) is 2.24. The van der Waals surface area contributed by atoms with Crippen molar-refractivity contribution in [3.05, 3.63) is 65.2 Å². The molecule has 25 heavy (non-hydrogen) atoms. The molecule has 0 aliphatic rings. The standard InChI is InChI=1S/C19H23N3O3/c1-14-8-9-17(15(2)10-14)20-11-18(23)21-22-19(24)13-25-12-16-6-4-3-5-7-16/h3-10,20H,11-13H2,1-2H3,(H,21,23)(H,22,24). The van der Waals surface area contributed by atoms with Gasteiger partial charge in [0.15, 0.2) is 0 Å². The van der Waals surface area contributed by atoms with Gasteiger partial charge >= 0.3 is 0 Å². The molecule has 0 spiro atoms. The highest BCUT2D eigenvalue weighted by atomic mass is 16.5. The number of carbonyl (C=O) groups is 2. The first-order chi connectivity index (χ1) is 12.0. The summed E-state index contributed by atoms with van der Waals surface area (Å²) in [5.74, 6) is -0.743. The van der Waals surface area contributed by atoms with Crippen molar-refractivity contribution in [1.82, 2.24) is 10.9 Å². The van der Waals surface area contributed by atoms with Gasteiger partial charge in [-0.05, 0) is 31.0 Å². The summed E-state index contributed by atoms with van der Waals surface area (Å²) in [6.07, 6.45) is 0. The third-order valence-electron chi connectivity index (χ3n) is 3.51. The zero-order chi connectivity index (χ0) is 18.1. The van der Waals surface area contributed by atoms with Crippen LogP contribution in [0.15, 0.2) is 48.5 Å². The number of ether oxygens (including phenoxy) is 1. The lowest BCUT2D eigenvalue weighted by molar-refractivity contribution is -0.131. The van der Waals surface area contributed by atoms with E-state index in [9.17, 15) is 9.59 Å². The van der Waals surface area contributed by atoms with E-state index in [1.165, 1.54) is 0 Å². The number of hydrogen-bond donors (Lipinski definition) is 3. The van der Waals surface area contributed by atoms with Gasteiger partial charge in [0.25, 0.3) is 11.8 Å². The van der Waals surface area contributed by atoms with Gasteiger partial charge in [-0.25, -0.2) is 0 Å². The average Bonchev–Trinajstić information content (AvgIpc) is 2.60. The van der Waals surface area contributed by atoms with Gasteiger partial charge in [-0.2, -0.15) is 0 Å². The number of hydrazine groups is 1. The molecule has 6 heteroatoms. The molecule has 132 valence electrons. The third kappa shape index (κ3) is 6.64. The Morgan fingerprint density at radius 3 is 2.40 bits per heavy atom. The van der Waals surface area contributed by atoms with Crippen molar-refractivity contribution >= 4 is 17.5 Å². The minimum Gasteiger partial charge on any atom is -0.376 e. The molecule has 0 unspecified atom stereocenters. The smallest absolute Gasteiger partial charge is 0.264 e. The largest absolute Gasteiger partial charge is 0.376 e. The number of anilines is 1. The molecular weight excluding hydrogens is 318 g/mol. The number of nitrogens with one attached hydrogen (secondary N) is 3. The first-order valence-electron chi connectivity index (χ1n) is 8.05. The van der Waals surface area contributed by atoms with E-state index in [-0.39, 0.29) is 19.1 Å². The fourth-order valence-corrected chi connectivity index (χ4v) is 2.24. The topological polar surface area (TPSA) is 79.5 Å². The van der Waals surface area contributed by atoms with E-state index in [4.69, 9.17) is 4.74 Å². The van der Waals surface area contributed by atoms with Gasteiger partial charge in [0.05, 0.1) is 13.2 Å². The van der Waals surface area contributed by atoms with Crippen molar-refractivity contribution in [2.45, 2.75) is 20.5 Å². The van der Waals surface area contributed by atoms with E-state index < -0.39 is 5.91 Å². The van der Waals surface area contributed by atoms with Crippen LogP contribution < -0.4 is 16.2 Å². The van der Waals surface area contributed by atoms with Gasteiger partial charge in [-0.15, -0.1) is 0 Å². The second-order valence-electron chi connectivity index (χ2n) is 5.75. The van der Waals surface area contributed by atoms with Gasteiger partial charge < -0.3 is 10.1 Å². The molecule has 2 aromatic rings. The number of rotatable bonds is 7. The zero-order valence-electron chi connectivity index (χ0n) is 14.5. The van der Waals surface area contributed by atoms with Crippen molar-refractivity contribution in [2.24, 2.45) is 0 Å². The quantitative estimate of drug-likeness (QED) is 0.674. The first-order valence-corrected chi connectivity index (χ1v) is 8.05. The van der Waals surface area contributed by atoms with Crippen molar-refractivity contribution < 1.29 is 14.3 Å². The normalized spacial score (nSPS) is 10.2. The summed E-state index contributed by atoms with van der Waals surface area (Å²) in [5.41, 5.74) is 8.77. The summed E-state index contributed by atoms with van der Waals surface area (Å²) in [6, 6.07) is 15.5. The molecule has 0 aliphatic heterocycles. The Kier molecular flexibility index (Phi) is 6.98. The van der Waals surface area contributed by atoms with Crippen LogP contribution in [0, 0.1) is 13.8 Å². The maximum atomic E-state index is 11.8. The van der Waals surface area contributed by atoms with Crippen LogP contribution in [0.5, 0.6) is 0 Å². The maximum absolute atomic E-state index is 11.8. The first kappa shape index (κ1) is 18.5. The summed E-state index contributed by atoms with van der Waals surface area (Å²) in [7, 11) is 0. The highest BCUT2D eigenvalue weighted by molar-refractivity contribution is 5.85. The van der Waals surface area contributed by atoms with Crippen LogP contribution in [0.1, 0.15) is 16.7 Å². The Labute approximate surface area is 147 Å². The molecule has 0 saturated heterocycles. The molecule has 0 fully saturated rings. The van der Waals surface area contributed by atoms with Crippen LogP contribution in [-0.2, 0) is 20.9 Å². The minimum absolute atomic E-state index is 0.0645. The number of aryl methyl sites for hydroxylation is 2. The molecule has 0 atom stereocenters. The summed E-state index contributed by atoms with van der Waals surface area (Å²) < 4.78 is 5.29. The molecule has 0 aliphatic carbocycles. The van der Waals surface area contributed by atoms with Gasteiger partial charge in [0.1, 0.15) is 6.61 Å². The summed E-state index contributed by atoms with van der Waals surface area (Å²) in [4.78, 5) is 23.4. The van der Waals surface area contributed by atoms with E-state index in [2.05, 4.69) is 16.2 Å². The lowest BCUT2D eigenvalue weighted by Crippen LogP contribution is -2.45. The lowest BCUT2D eigenvalue weighted by atomic mass is 10.1. The minimum atomic E-state index is -0.407. The predicted octanol–water partition coefficient (Wildman–Crippen LogP) is 2.08. The maximum Gasteiger partial charge on any atom is 0.264 e. The Hall–Kier alpha value is -2.86. The highest BCUT2D eigenvalue weighted by Gasteiger charge is 2.06. The summed E-state index contributed by atoms with van der Waals surface area (Å²) >= 11 is 0.